The number of hydrogen-bond donors (Lipinski definition) is 1. The van der Waals surface area contributed by atoms with Crippen molar-refractivity contribution >= 4 is 35.0 Å². The van der Waals surface area contributed by atoms with Crippen LogP contribution in [0.25, 0.3) is 0 Å². The molecule has 132 valence electrons. The maximum atomic E-state index is 12.5. The van der Waals surface area contributed by atoms with E-state index in [0.717, 1.165) is 5.56 Å². The number of carbonyl (C=O) groups excluding carboxylic acids is 2. The van der Waals surface area contributed by atoms with E-state index in [1.807, 2.05) is 0 Å². The normalized spacial score (nSPS) is 17.9. The van der Waals surface area contributed by atoms with Gasteiger partial charge < -0.3 is 10.2 Å². The summed E-state index contributed by atoms with van der Waals surface area (Å²) >= 11 is 11.8. The van der Waals surface area contributed by atoms with Crippen LogP contribution in [0.4, 0.5) is 13.2 Å². The fraction of sp³-hybridized carbons (Fsp3) is 0.467. The molecule has 1 aliphatic heterocycles. The summed E-state index contributed by atoms with van der Waals surface area (Å²) < 4.78 is 37.6. The third-order valence-electron chi connectivity index (χ3n) is 3.77. The van der Waals surface area contributed by atoms with Crippen molar-refractivity contribution in [2.24, 2.45) is 0 Å². The van der Waals surface area contributed by atoms with E-state index in [0.29, 0.717) is 27.8 Å². The third kappa shape index (κ3) is 4.54. The molecule has 1 N–H and O–H groups in total. The van der Waals surface area contributed by atoms with Crippen molar-refractivity contribution in [1.82, 2.24) is 10.2 Å². The fourth-order valence-electron chi connectivity index (χ4n) is 2.61. The van der Waals surface area contributed by atoms with E-state index in [9.17, 15) is 22.8 Å². The number of halogens is 5. The monoisotopic (exact) mass is 382 g/mol. The van der Waals surface area contributed by atoms with Crippen molar-refractivity contribution in [3.63, 3.8) is 0 Å². The lowest BCUT2D eigenvalue weighted by Crippen LogP contribution is -2.50. The molecule has 1 aromatic rings. The van der Waals surface area contributed by atoms with Gasteiger partial charge in [-0.15, -0.1) is 0 Å². The van der Waals surface area contributed by atoms with Gasteiger partial charge in [-0.3, -0.25) is 9.59 Å². The van der Waals surface area contributed by atoms with Gasteiger partial charge in [0.25, 0.3) is 0 Å². The minimum Gasteiger partial charge on any atom is -0.354 e. The minimum atomic E-state index is -4.97. The number of nitrogens with one attached hydrogen (secondary N) is 1. The van der Waals surface area contributed by atoms with E-state index >= 15 is 0 Å². The number of amides is 2. The average Bonchev–Trinajstić information content (AvgIpc) is 2.97. The Bertz CT molecular complexity index is 638. The summed E-state index contributed by atoms with van der Waals surface area (Å²) in [6.07, 6.45) is -3.99. The standard InChI is InChI=1S/C15H15Cl2F3N2O2/c16-10-4-3-9(11(17)8-10)5-6-21-13(23)12-2-1-7-22(12)14(24)15(18,19)20/h3-4,8,12H,1-2,5-7H2,(H,21,23). The van der Waals surface area contributed by atoms with Gasteiger partial charge in [-0.25, -0.2) is 0 Å². The molecule has 0 radical (unpaired) electrons. The summed E-state index contributed by atoms with van der Waals surface area (Å²) in [6, 6.07) is 3.86. The van der Waals surface area contributed by atoms with Crippen molar-refractivity contribution < 1.29 is 22.8 Å². The maximum absolute atomic E-state index is 12.5. The fourth-order valence-corrected chi connectivity index (χ4v) is 3.11. The Kier molecular flexibility index (Phi) is 5.98. The first-order chi connectivity index (χ1) is 11.2. The van der Waals surface area contributed by atoms with Crippen LogP contribution in [-0.2, 0) is 16.0 Å². The van der Waals surface area contributed by atoms with Crippen LogP contribution in [0, 0.1) is 0 Å². The van der Waals surface area contributed by atoms with Crippen LogP contribution in [0.2, 0.25) is 10.0 Å². The van der Waals surface area contributed by atoms with Gasteiger partial charge >= 0.3 is 12.1 Å². The number of likely N-dealkylation sites (tertiary alicyclic amines) is 1. The van der Waals surface area contributed by atoms with Gasteiger partial charge in [-0.1, -0.05) is 29.3 Å². The molecular weight excluding hydrogens is 368 g/mol. The Balaban J connectivity index is 1.91. The molecule has 1 unspecified atom stereocenters. The van der Waals surface area contributed by atoms with Crippen LogP contribution >= 0.6 is 23.2 Å². The second kappa shape index (κ2) is 7.61. The topological polar surface area (TPSA) is 49.4 Å². The average molecular weight is 383 g/mol. The van der Waals surface area contributed by atoms with Crippen LogP contribution in [0.1, 0.15) is 18.4 Å². The second-order valence-corrected chi connectivity index (χ2v) is 6.27. The summed E-state index contributed by atoms with van der Waals surface area (Å²) in [5.41, 5.74) is 0.760. The lowest BCUT2D eigenvalue weighted by atomic mass is 10.1. The van der Waals surface area contributed by atoms with Gasteiger partial charge in [0.2, 0.25) is 5.91 Å². The van der Waals surface area contributed by atoms with E-state index < -0.39 is 24.0 Å². The zero-order valence-electron chi connectivity index (χ0n) is 12.5. The first kappa shape index (κ1) is 18.9. The van der Waals surface area contributed by atoms with Crippen molar-refractivity contribution in [2.75, 3.05) is 13.1 Å². The summed E-state index contributed by atoms with van der Waals surface area (Å²) in [6.45, 7) is 0.129. The molecule has 4 nitrogen and oxygen atoms in total. The van der Waals surface area contributed by atoms with E-state index in [1.165, 1.54) is 0 Å². The molecule has 24 heavy (non-hydrogen) atoms. The van der Waals surface area contributed by atoms with Gasteiger partial charge in [-0.2, -0.15) is 13.2 Å². The van der Waals surface area contributed by atoms with Gasteiger partial charge in [0, 0.05) is 23.1 Å². The van der Waals surface area contributed by atoms with Crippen LogP contribution in [0.15, 0.2) is 18.2 Å². The highest BCUT2D eigenvalue weighted by Crippen LogP contribution is 2.26. The van der Waals surface area contributed by atoms with E-state index in [1.54, 1.807) is 18.2 Å². The van der Waals surface area contributed by atoms with Gasteiger partial charge in [0.05, 0.1) is 0 Å². The van der Waals surface area contributed by atoms with E-state index in [4.69, 9.17) is 23.2 Å². The summed E-state index contributed by atoms with van der Waals surface area (Å²) in [4.78, 5) is 24.0. The van der Waals surface area contributed by atoms with Gasteiger partial charge in [0.15, 0.2) is 0 Å². The molecule has 2 amide bonds. The molecule has 1 aliphatic rings. The Labute approximate surface area is 146 Å². The largest absolute Gasteiger partial charge is 0.471 e. The van der Waals surface area contributed by atoms with Gasteiger partial charge in [-0.05, 0) is 37.0 Å². The van der Waals surface area contributed by atoms with Crippen molar-refractivity contribution in [1.29, 1.82) is 0 Å². The smallest absolute Gasteiger partial charge is 0.354 e. The highest BCUT2D eigenvalue weighted by molar-refractivity contribution is 6.35. The molecule has 0 spiro atoms. The Morgan fingerprint density at radius 3 is 2.62 bits per heavy atom. The lowest BCUT2D eigenvalue weighted by molar-refractivity contribution is -0.186. The van der Waals surface area contributed by atoms with E-state index in [-0.39, 0.29) is 19.5 Å². The summed E-state index contributed by atoms with van der Waals surface area (Å²) in [7, 11) is 0. The third-order valence-corrected chi connectivity index (χ3v) is 4.35. The van der Waals surface area contributed by atoms with Crippen LogP contribution in [0.3, 0.4) is 0 Å². The minimum absolute atomic E-state index is 0.0700. The molecule has 1 fully saturated rings. The molecule has 1 aromatic carbocycles. The second-order valence-electron chi connectivity index (χ2n) is 5.43. The molecule has 0 aliphatic carbocycles. The Hall–Kier alpha value is -1.47. The predicted molar refractivity (Wildman–Crippen MR) is 84.0 cm³/mol. The van der Waals surface area contributed by atoms with Crippen molar-refractivity contribution in [3.8, 4) is 0 Å². The van der Waals surface area contributed by atoms with Crippen LogP contribution in [0.5, 0.6) is 0 Å². The van der Waals surface area contributed by atoms with Crippen molar-refractivity contribution in [2.45, 2.75) is 31.5 Å². The quantitative estimate of drug-likeness (QED) is 0.868. The highest BCUT2D eigenvalue weighted by atomic mass is 35.5. The number of nitrogens with zero attached hydrogens (tertiary/aromatic N) is 1. The predicted octanol–water partition coefficient (Wildman–Crippen LogP) is 3.21. The molecular formula is C15H15Cl2F3N2O2. The Morgan fingerprint density at radius 2 is 2.00 bits per heavy atom. The zero-order valence-corrected chi connectivity index (χ0v) is 14.0. The molecule has 1 atom stereocenters. The maximum Gasteiger partial charge on any atom is 0.471 e. The van der Waals surface area contributed by atoms with Gasteiger partial charge in [0.1, 0.15) is 6.04 Å². The first-order valence-corrected chi connectivity index (χ1v) is 8.05. The SMILES string of the molecule is O=C(NCCc1ccc(Cl)cc1Cl)C1CCCN1C(=O)C(F)(F)F. The van der Waals surface area contributed by atoms with Crippen LogP contribution in [-0.4, -0.2) is 42.0 Å². The summed E-state index contributed by atoms with van der Waals surface area (Å²) in [5, 5.41) is 3.50. The molecule has 1 saturated heterocycles. The van der Waals surface area contributed by atoms with Crippen molar-refractivity contribution in [3.05, 3.63) is 33.8 Å². The molecule has 0 bridgehead atoms. The number of rotatable bonds is 4. The zero-order chi connectivity index (χ0) is 17.9. The Morgan fingerprint density at radius 1 is 1.29 bits per heavy atom. The number of alkyl halides is 3. The molecule has 0 saturated carbocycles. The first-order valence-electron chi connectivity index (χ1n) is 7.29. The lowest BCUT2D eigenvalue weighted by Gasteiger charge is -2.24. The highest BCUT2D eigenvalue weighted by Gasteiger charge is 2.47. The molecule has 2 rings (SSSR count). The number of hydrogen-bond acceptors (Lipinski definition) is 2. The number of benzene rings is 1. The molecule has 1 heterocycles. The molecule has 0 aromatic heterocycles. The molecule has 9 heteroatoms. The summed E-state index contributed by atoms with van der Waals surface area (Å²) in [5.74, 6) is -2.56. The number of carbonyl (C=O) groups is 2. The van der Waals surface area contributed by atoms with Crippen LogP contribution < -0.4 is 5.32 Å². The van der Waals surface area contributed by atoms with E-state index in [2.05, 4.69) is 5.32 Å².